The molecule has 1 aliphatic heterocycles. The minimum atomic E-state index is -0.821. The summed E-state index contributed by atoms with van der Waals surface area (Å²) in [5.41, 5.74) is 0. The van der Waals surface area contributed by atoms with Gasteiger partial charge in [-0.3, -0.25) is 0 Å². The highest BCUT2D eigenvalue weighted by molar-refractivity contribution is 4.85. The lowest BCUT2D eigenvalue weighted by Crippen LogP contribution is -2.54. The van der Waals surface area contributed by atoms with E-state index in [1.165, 1.54) is 0 Å². The summed E-state index contributed by atoms with van der Waals surface area (Å²) in [6.07, 6.45) is -0.949. The van der Waals surface area contributed by atoms with Crippen LogP contribution in [0.15, 0.2) is 0 Å². The predicted molar refractivity (Wildman–Crippen MR) is 35.5 cm³/mol. The molecule has 1 saturated heterocycles. The molecule has 1 unspecified atom stereocenters. The fourth-order valence-corrected chi connectivity index (χ4v) is 1.15. The van der Waals surface area contributed by atoms with Crippen molar-refractivity contribution in [2.75, 3.05) is 13.2 Å². The monoisotopic (exact) mass is 147 g/mol. The Hall–Kier alpha value is -0.160. The van der Waals surface area contributed by atoms with Crippen LogP contribution >= 0.6 is 0 Å². The number of piperidine rings is 1. The summed E-state index contributed by atoms with van der Waals surface area (Å²) in [7, 11) is 0. The van der Waals surface area contributed by atoms with Gasteiger partial charge in [-0.1, -0.05) is 0 Å². The summed E-state index contributed by atoms with van der Waals surface area (Å²) in [5.74, 6) is 0. The Morgan fingerprint density at radius 3 is 2.60 bits per heavy atom. The van der Waals surface area contributed by atoms with Crippen molar-refractivity contribution in [2.24, 2.45) is 0 Å². The molecule has 3 atom stereocenters. The van der Waals surface area contributed by atoms with E-state index in [0.29, 0.717) is 13.0 Å². The van der Waals surface area contributed by atoms with E-state index in [1.54, 1.807) is 0 Å². The van der Waals surface area contributed by atoms with E-state index in [-0.39, 0.29) is 12.6 Å². The normalized spacial score (nSPS) is 41.7. The van der Waals surface area contributed by atoms with Crippen molar-refractivity contribution in [1.82, 2.24) is 5.32 Å². The van der Waals surface area contributed by atoms with Crippen LogP contribution in [0.2, 0.25) is 0 Å². The van der Waals surface area contributed by atoms with Gasteiger partial charge in [-0.25, -0.2) is 0 Å². The predicted octanol–water partition coefficient (Wildman–Crippen LogP) is -1.94. The molecule has 0 aromatic heterocycles. The smallest absolute Gasteiger partial charge is 0.0974 e. The Bertz CT molecular complexity index is 109. The van der Waals surface area contributed by atoms with Crippen molar-refractivity contribution >= 4 is 0 Å². The van der Waals surface area contributed by atoms with E-state index in [0.717, 1.165) is 0 Å². The van der Waals surface area contributed by atoms with Crippen molar-refractivity contribution in [2.45, 2.75) is 24.7 Å². The maximum atomic E-state index is 9.16. The molecule has 0 bridgehead atoms. The summed E-state index contributed by atoms with van der Waals surface area (Å²) >= 11 is 0. The van der Waals surface area contributed by atoms with E-state index < -0.39 is 12.2 Å². The molecule has 4 N–H and O–H groups in total. The second-order valence-corrected chi connectivity index (χ2v) is 2.59. The van der Waals surface area contributed by atoms with Crippen LogP contribution in [0, 0.1) is 0 Å². The molecule has 4 heteroatoms. The Balaban J connectivity index is 2.42. The van der Waals surface area contributed by atoms with Gasteiger partial charge in [0, 0.05) is 0 Å². The number of aliphatic hydroxyl groups excluding tert-OH is 3. The fraction of sp³-hybridized carbons (Fsp3) is 1.00. The lowest BCUT2D eigenvalue weighted by atomic mass is 9.99. The molecule has 0 saturated carbocycles. The standard InChI is InChI=1S/C6H13NO3/c8-3-4-6(10)5(9)1-2-7-4/h4-10H,1-3H2/t4?,5-,6-/m1/s1. The largest absolute Gasteiger partial charge is 0.395 e. The zero-order chi connectivity index (χ0) is 7.56. The van der Waals surface area contributed by atoms with Gasteiger partial charge in [0.25, 0.3) is 0 Å². The molecule has 4 nitrogen and oxygen atoms in total. The molecule has 1 heterocycles. The second-order valence-electron chi connectivity index (χ2n) is 2.59. The van der Waals surface area contributed by atoms with Gasteiger partial charge in [0.1, 0.15) is 0 Å². The first-order chi connectivity index (χ1) is 4.75. The zero-order valence-corrected chi connectivity index (χ0v) is 5.70. The molecule has 0 amide bonds. The summed E-state index contributed by atoms with van der Waals surface area (Å²) in [6.45, 7) is 0.529. The van der Waals surface area contributed by atoms with Crippen molar-refractivity contribution < 1.29 is 15.3 Å². The second kappa shape index (κ2) is 3.30. The molecule has 0 radical (unpaired) electrons. The third-order valence-electron chi connectivity index (χ3n) is 1.85. The highest BCUT2D eigenvalue weighted by Crippen LogP contribution is 2.08. The molecular formula is C6H13NO3. The van der Waals surface area contributed by atoms with Crippen molar-refractivity contribution in [3.63, 3.8) is 0 Å². The third-order valence-corrected chi connectivity index (χ3v) is 1.85. The molecule has 1 rings (SSSR count). The van der Waals surface area contributed by atoms with Crippen LogP contribution in [-0.4, -0.2) is 46.7 Å². The van der Waals surface area contributed by atoms with Crippen LogP contribution in [0.4, 0.5) is 0 Å². The number of rotatable bonds is 1. The minimum Gasteiger partial charge on any atom is -0.395 e. The average molecular weight is 147 g/mol. The summed E-state index contributed by atoms with van der Waals surface area (Å²) < 4.78 is 0. The quantitative estimate of drug-likeness (QED) is 0.348. The highest BCUT2D eigenvalue weighted by Gasteiger charge is 2.28. The van der Waals surface area contributed by atoms with E-state index in [1.807, 2.05) is 0 Å². The number of aliphatic hydroxyl groups is 3. The first-order valence-corrected chi connectivity index (χ1v) is 3.46. The SMILES string of the molecule is OCC1NCC[C@@H](O)[C@@H]1O. The number of hydrogen-bond acceptors (Lipinski definition) is 4. The van der Waals surface area contributed by atoms with Crippen LogP contribution < -0.4 is 5.32 Å². The average Bonchev–Trinajstić information content (AvgIpc) is 1.95. The van der Waals surface area contributed by atoms with Crippen LogP contribution in [0.5, 0.6) is 0 Å². The van der Waals surface area contributed by atoms with Gasteiger partial charge in [-0.15, -0.1) is 0 Å². The molecule has 0 aromatic carbocycles. The molecule has 1 fully saturated rings. The fourth-order valence-electron chi connectivity index (χ4n) is 1.15. The first-order valence-electron chi connectivity index (χ1n) is 3.46. The van der Waals surface area contributed by atoms with Gasteiger partial charge < -0.3 is 20.6 Å². The Morgan fingerprint density at radius 1 is 1.40 bits per heavy atom. The van der Waals surface area contributed by atoms with Gasteiger partial charge in [0.2, 0.25) is 0 Å². The maximum Gasteiger partial charge on any atom is 0.0974 e. The van der Waals surface area contributed by atoms with E-state index >= 15 is 0 Å². The van der Waals surface area contributed by atoms with Crippen molar-refractivity contribution in [1.29, 1.82) is 0 Å². The Morgan fingerprint density at radius 2 is 2.10 bits per heavy atom. The topological polar surface area (TPSA) is 72.7 Å². The van der Waals surface area contributed by atoms with Crippen LogP contribution in [0.3, 0.4) is 0 Å². The molecule has 1 aliphatic rings. The zero-order valence-electron chi connectivity index (χ0n) is 5.70. The van der Waals surface area contributed by atoms with Gasteiger partial charge in [0.05, 0.1) is 24.9 Å². The lowest BCUT2D eigenvalue weighted by Gasteiger charge is -2.31. The summed E-state index contributed by atoms with van der Waals surface area (Å²) in [5, 5.41) is 29.8. The minimum absolute atomic E-state index is 0.127. The van der Waals surface area contributed by atoms with Gasteiger partial charge in [-0.2, -0.15) is 0 Å². The van der Waals surface area contributed by atoms with Crippen LogP contribution in [-0.2, 0) is 0 Å². The van der Waals surface area contributed by atoms with Gasteiger partial charge in [0.15, 0.2) is 0 Å². The van der Waals surface area contributed by atoms with E-state index in [4.69, 9.17) is 15.3 Å². The number of nitrogens with one attached hydrogen (secondary N) is 1. The van der Waals surface area contributed by atoms with E-state index in [9.17, 15) is 0 Å². The van der Waals surface area contributed by atoms with E-state index in [2.05, 4.69) is 5.32 Å². The molecule has 10 heavy (non-hydrogen) atoms. The Labute approximate surface area is 59.5 Å². The summed E-state index contributed by atoms with van der Waals surface area (Å²) in [4.78, 5) is 0. The van der Waals surface area contributed by atoms with Crippen molar-refractivity contribution in [3.8, 4) is 0 Å². The molecule has 0 aromatic rings. The van der Waals surface area contributed by atoms with Gasteiger partial charge >= 0.3 is 0 Å². The highest BCUT2D eigenvalue weighted by atomic mass is 16.3. The number of hydrogen-bond donors (Lipinski definition) is 4. The van der Waals surface area contributed by atoms with Crippen molar-refractivity contribution in [3.05, 3.63) is 0 Å². The molecule has 60 valence electrons. The van der Waals surface area contributed by atoms with Gasteiger partial charge in [-0.05, 0) is 13.0 Å². The molecule has 0 aliphatic carbocycles. The van der Waals surface area contributed by atoms with Crippen LogP contribution in [0.25, 0.3) is 0 Å². The maximum absolute atomic E-state index is 9.16. The molecule has 0 spiro atoms. The molecular weight excluding hydrogens is 134 g/mol. The third kappa shape index (κ3) is 1.46. The first kappa shape index (κ1) is 7.94. The lowest BCUT2D eigenvalue weighted by molar-refractivity contribution is -0.0382. The summed E-state index contributed by atoms with van der Waals surface area (Å²) in [6, 6.07) is -0.358. The Kier molecular flexibility index (Phi) is 2.62. The van der Waals surface area contributed by atoms with Crippen LogP contribution in [0.1, 0.15) is 6.42 Å².